The number of benzene rings is 1. The molecule has 1 heterocycles. The van der Waals surface area contributed by atoms with Crippen molar-refractivity contribution in [1.82, 2.24) is 15.4 Å². The van der Waals surface area contributed by atoms with Crippen LogP contribution in [0.2, 0.25) is 0 Å². The molecular weight excluding hydrogens is 320 g/mol. The molecular formula is C14H17BrN4O. The number of aryl methyl sites for hydroxylation is 1. The van der Waals surface area contributed by atoms with E-state index in [-0.39, 0.29) is 6.04 Å². The second-order valence-corrected chi connectivity index (χ2v) is 5.38. The Labute approximate surface area is 126 Å². The Hall–Kier alpha value is -1.50. The van der Waals surface area contributed by atoms with Crippen LogP contribution in [0, 0.1) is 6.92 Å². The van der Waals surface area contributed by atoms with Crippen molar-refractivity contribution in [2.24, 2.45) is 5.84 Å². The van der Waals surface area contributed by atoms with E-state index in [1.54, 1.807) is 19.5 Å². The molecule has 3 N–H and O–H groups in total. The van der Waals surface area contributed by atoms with Crippen molar-refractivity contribution in [3.63, 3.8) is 0 Å². The van der Waals surface area contributed by atoms with Crippen LogP contribution in [0.15, 0.2) is 35.1 Å². The number of rotatable bonds is 5. The van der Waals surface area contributed by atoms with Crippen LogP contribution in [-0.2, 0) is 6.42 Å². The summed E-state index contributed by atoms with van der Waals surface area (Å²) in [6.07, 6.45) is 4.14. The van der Waals surface area contributed by atoms with Crippen LogP contribution in [0.5, 0.6) is 5.75 Å². The van der Waals surface area contributed by atoms with E-state index in [2.05, 4.69) is 31.3 Å². The summed E-state index contributed by atoms with van der Waals surface area (Å²) in [6, 6.07) is 5.77. The maximum atomic E-state index is 5.65. The Morgan fingerprint density at radius 1 is 1.35 bits per heavy atom. The van der Waals surface area contributed by atoms with E-state index in [0.29, 0.717) is 6.42 Å². The number of nitrogens with zero attached hydrogens (tertiary/aromatic N) is 2. The predicted octanol–water partition coefficient (Wildman–Crippen LogP) is 2.30. The van der Waals surface area contributed by atoms with E-state index < -0.39 is 0 Å². The average Bonchev–Trinajstić information content (AvgIpc) is 2.46. The fraction of sp³-hybridized carbons (Fsp3) is 0.286. The summed E-state index contributed by atoms with van der Waals surface area (Å²) in [5.74, 6) is 6.48. The lowest BCUT2D eigenvalue weighted by Crippen LogP contribution is -2.30. The molecule has 0 bridgehead atoms. The van der Waals surface area contributed by atoms with Gasteiger partial charge in [0.1, 0.15) is 5.75 Å². The van der Waals surface area contributed by atoms with Crippen molar-refractivity contribution in [3.05, 3.63) is 52.0 Å². The Kier molecular flexibility index (Phi) is 5.05. The molecule has 1 atom stereocenters. The van der Waals surface area contributed by atoms with E-state index in [0.717, 1.165) is 27.2 Å². The summed E-state index contributed by atoms with van der Waals surface area (Å²) < 4.78 is 6.37. The first-order chi connectivity index (χ1) is 9.63. The van der Waals surface area contributed by atoms with Crippen molar-refractivity contribution < 1.29 is 4.74 Å². The zero-order chi connectivity index (χ0) is 14.5. The average molecular weight is 337 g/mol. The van der Waals surface area contributed by atoms with Gasteiger partial charge in [0.05, 0.1) is 30.7 Å². The lowest BCUT2D eigenvalue weighted by atomic mass is 10.0. The first-order valence-corrected chi connectivity index (χ1v) is 7.00. The van der Waals surface area contributed by atoms with Crippen molar-refractivity contribution >= 4 is 15.9 Å². The van der Waals surface area contributed by atoms with E-state index in [9.17, 15) is 0 Å². The van der Waals surface area contributed by atoms with E-state index >= 15 is 0 Å². The zero-order valence-corrected chi connectivity index (χ0v) is 13.0. The molecule has 0 saturated heterocycles. The molecule has 1 aromatic heterocycles. The van der Waals surface area contributed by atoms with E-state index in [4.69, 9.17) is 10.6 Å². The van der Waals surface area contributed by atoms with Gasteiger partial charge in [0.25, 0.3) is 0 Å². The first-order valence-electron chi connectivity index (χ1n) is 6.21. The van der Waals surface area contributed by atoms with Crippen LogP contribution in [0.3, 0.4) is 0 Å². The highest BCUT2D eigenvalue weighted by Crippen LogP contribution is 2.27. The number of hydrogen-bond acceptors (Lipinski definition) is 5. The fourth-order valence-electron chi connectivity index (χ4n) is 1.96. The Morgan fingerprint density at radius 2 is 2.15 bits per heavy atom. The molecule has 106 valence electrons. The molecule has 0 radical (unpaired) electrons. The summed E-state index contributed by atoms with van der Waals surface area (Å²) >= 11 is 3.47. The molecule has 0 fully saturated rings. The summed E-state index contributed by atoms with van der Waals surface area (Å²) in [7, 11) is 1.66. The summed E-state index contributed by atoms with van der Waals surface area (Å²) in [5, 5.41) is 0. The van der Waals surface area contributed by atoms with Gasteiger partial charge in [-0.3, -0.25) is 21.2 Å². The zero-order valence-electron chi connectivity index (χ0n) is 11.4. The van der Waals surface area contributed by atoms with Crippen LogP contribution < -0.4 is 16.0 Å². The lowest BCUT2D eigenvalue weighted by molar-refractivity contribution is 0.405. The maximum absolute atomic E-state index is 5.65. The van der Waals surface area contributed by atoms with E-state index in [1.165, 1.54) is 0 Å². The minimum atomic E-state index is -0.119. The van der Waals surface area contributed by atoms with Gasteiger partial charge in [-0.25, -0.2) is 0 Å². The fourth-order valence-corrected chi connectivity index (χ4v) is 2.37. The molecule has 0 amide bonds. The molecule has 2 rings (SSSR count). The molecule has 20 heavy (non-hydrogen) atoms. The molecule has 1 unspecified atom stereocenters. The molecule has 0 spiro atoms. The minimum absolute atomic E-state index is 0.119. The number of methoxy groups -OCH3 is 1. The second-order valence-electron chi connectivity index (χ2n) is 4.46. The quantitative estimate of drug-likeness (QED) is 0.647. The number of hydrazine groups is 1. The number of ether oxygens (including phenoxy) is 1. The van der Waals surface area contributed by atoms with Gasteiger partial charge >= 0.3 is 0 Å². The highest BCUT2D eigenvalue weighted by atomic mass is 79.9. The number of aromatic nitrogens is 2. The number of halogens is 1. The van der Waals surface area contributed by atoms with Gasteiger partial charge in [-0.05, 0) is 37.1 Å². The van der Waals surface area contributed by atoms with Gasteiger partial charge in [-0.1, -0.05) is 15.9 Å². The predicted molar refractivity (Wildman–Crippen MR) is 81.2 cm³/mol. The molecule has 0 aliphatic carbocycles. The third kappa shape index (κ3) is 3.53. The van der Waals surface area contributed by atoms with Gasteiger partial charge in [0.15, 0.2) is 0 Å². The minimum Gasteiger partial charge on any atom is -0.496 e. The smallest absolute Gasteiger partial charge is 0.122 e. The Bertz CT molecular complexity index is 574. The highest BCUT2D eigenvalue weighted by molar-refractivity contribution is 9.10. The van der Waals surface area contributed by atoms with Crippen LogP contribution >= 0.6 is 15.9 Å². The van der Waals surface area contributed by atoms with Crippen molar-refractivity contribution in [3.8, 4) is 5.75 Å². The SMILES string of the molecule is COc1ccc(Br)cc1CC(NN)c1cnc(C)cn1. The topological polar surface area (TPSA) is 73.1 Å². The normalized spacial score (nSPS) is 12.2. The Balaban J connectivity index is 2.26. The third-order valence-corrected chi connectivity index (χ3v) is 3.52. The number of nitrogens with one attached hydrogen (secondary N) is 1. The molecule has 6 heteroatoms. The second kappa shape index (κ2) is 6.78. The van der Waals surface area contributed by atoms with Crippen LogP contribution in [0.25, 0.3) is 0 Å². The van der Waals surface area contributed by atoms with Crippen molar-refractivity contribution in [2.75, 3.05) is 7.11 Å². The number of hydrogen-bond donors (Lipinski definition) is 2. The molecule has 0 saturated carbocycles. The lowest BCUT2D eigenvalue weighted by Gasteiger charge is -2.17. The van der Waals surface area contributed by atoms with Crippen molar-refractivity contribution in [2.45, 2.75) is 19.4 Å². The molecule has 2 aromatic rings. The monoisotopic (exact) mass is 336 g/mol. The summed E-state index contributed by atoms with van der Waals surface area (Å²) in [6.45, 7) is 1.90. The first kappa shape index (κ1) is 14.9. The maximum Gasteiger partial charge on any atom is 0.122 e. The van der Waals surface area contributed by atoms with Gasteiger partial charge in [-0.15, -0.1) is 0 Å². The molecule has 5 nitrogen and oxygen atoms in total. The molecule has 0 aliphatic heterocycles. The third-order valence-electron chi connectivity index (χ3n) is 3.03. The van der Waals surface area contributed by atoms with Crippen LogP contribution in [-0.4, -0.2) is 17.1 Å². The summed E-state index contributed by atoms with van der Waals surface area (Å²) in [4.78, 5) is 8.62. The van der Waals surface area contributed by atoms with Crippen LogP contribution in [0.1, 0.15) is 23.0 Å². The Morgan fingerprint density at radius 3 is 2.75 bits per heavy atom. The van der Waals surface area contributed by atoms with E-state index in [1.807, 2.05) is 25.1 Å². The largest absolute Gasteiger partial charge is 0.496 e. The van der Waals surface area contributed by atoms with Gasteiger partial charge < -0.3 is 4.74 Å². The highest BCUT2D eigenvalue weighted by Gasteiger charge is 2.15. The van der Waals surface area contributed by atoms with Gasteiger partial charge in [-0.2, -0.15) is 0 Å². The number of nitrogens with two attached hydrogens (primary N) is 1. The van der Waals surface area contributed by atoms with Crippen molar-refractivity contribution in [1.29, 1.82) is 0 Å². The van der Waals surface area contributed by atoms with Crippen LogP contribution in [0.4, 0.5) is 0 Å². The standard InChI is InChI=1S/C14H17BrN4O/c1-9-7-18-13(8-17-9)12(19-16)6-10-5-11(15)3-4-14(10)20-2/h3-5,7-8,12,19H,6,16H2,1-2H3. The summed E-state index contributed by atoms with van der Waals surface area (Å²) in [5.41, 5.74) is 5.52. The van der Waals surface area contributed by atoms with Gasteiger partial charge in [0.2, 0.25) is 0 Å². The van der Waals surface area contributed by atoms with Gasteiger partial charge in [0, 0.05) is 10.7 Å². The molecule has 0 aliphatic rings. The molecule has 1 aromatic carbocycles.